The van der Waals surface area contributed by atoms with Crippen LogP contribution in [0.3, 0.4) is 0 Å². The summed E-state index contributed by atoms with van der Waals surface area (Å²) in [6, 6.07) is 0.235. The summed E-state index contributed by atoms with van der Waals surface area (Å²) in [6.07, 6.45) is 5.60. The van der Waals surface area contributed by atoms with Gasteiger partial charge in [-0.05, 0) is 40.7 Å². The second kappa shape index (κ2) is 6.13. The number of rotatable bonds is 1. The molecule has 1 heterocycles. The number of ether oxygens (including phenoxy) is 1. The third-order valence-electron chi connectivity index (χ3n) is 4.75. The second-order valence-corrected chi connectivity index (χ2v) is 7.72. The molecule has 2 fully saturated rings. The molecule has 1 atom stereocenters. The fourth-order valence-corrected chi connectivity index (χ4v) is 3.53. The van der Waals surface area contributed by atoms with Crippen LogP contribution >= 0.6 is 0 Å². The van der Waals surface area contributed by atoms with Crippen molar-refractivity contribution in [2.75, 3.05) is 26.7 Å². The van der Waals surface area contributed by atoms with Crippen LogP contribution in [0.5, 0.6) is 0 Å². The lowest BCUT2D eigenvalue weighted by molar-refractivity contribution is -0.00694. The summed E-state index contributed by atoms with van der Waals surface area (Å²) in [4.78, 5) is 16.5. The highest BCUT2D eigenvalue weighted by atomic mass is 16.6. The number of carbonyl (C=O) groups excluding carboxylic acids is 1. The van der Waals surface area contributed by atoms with Gasteiger partial charge in [0.1, 0.15) is 5.60 Å². The van der Waals surface area contributed by atoms with Crippen molar-refractivity contribution in [3.8, 4) is 0 Å². The number of nitrogens with zero attached hydrogens (tertiary/aromatic N) is 2. The van der Waals surface area contributed by atoms with E-state index in [4.69, 9.17) is 10.5 Å². The Morgan fingerprint density at radius 3 is 2.38 bits per heavy atom. The maximum absolute atomic E-state index is 12.3. The molecule has 1 aliphatic heterocycles. The average molecular weight is 297 g/mol. The van der Waals surface area contributed by atoms with Crippen LogP contribution in [-0.2, 0) is 4.74 Å². The predicted molar refractivity (Wildman–Crippen MR) is 84.2 cm³/mol. The Morgan fingerprint density at radius 2 is 1.81 bits per heavy atom. The zero-order valence-electron chi connectivity index (χ0n) is 14.0. The number of carbonyl (C=O) groups is 1. The van der Waals surface area contributed by atoms with E-state index < -0.39 is 5.60 Å². The molecule has 0 bridgehead atoms. The highest BCUT2D eigenvalue weighted by Gasteiger charge is 2.42. The fraction of sp³-hybridized carbons (Fsp3) is 0.938. The first-order valence-electron chi connectivity index (χ1n) is 8.18. The molecule has 0 spiro atoms. The molecule has 5 nitrogen and oxygen atoms in total. The van der Waals surface area contributed by atoms with Crippen molar-refractivity contribution in [3.63, 3.8) is 0 Å². The largest absolute Gasteiger partial charge is 0.444 e. The smallest absolute Gasteiger partial charge is 0.410 e. The number of hydrogen-bond donors (Lipinski definition) is 1. The van der Waals surface area contributed by atoms with Crippen molar-refractivity contribution < 1.29 is 9.53 Å². The molecule has 21 heavy (non-hydrogen) atoms. The summed E-state index contributed by atoms with van der Waals surface area (Å²) in [5.74, 6) is 0. The summed E-state index contributed by atoms with van der Waals surface area (Å²) < 4.78 is 5.51. The zero-order chi connectivity index (χ0) is 15.7. The van der Waals surface area contributed by atoms with Gasteiger partial charge < -0.3 is 15.4 Å². The molecule has 1 saturated carbocycles. The van der Waals surface area contributed by atoms with Gasteiger partial charge in [0.2, 0.25) is 0 Å². The summed E-state index contributed by atoms with van der Waals surface area (Å²) in [5.41, 5.74) is 6.09. The average Bonchev–Trinajstić information content (AvgIpc) is 2.37. The van der Waals surface area contributed by atoms with Gasteiger partial charge >= 0.3 is 6.09 Å². The van der Waals surface area contributed by atoms with Crippen molar-refractivity contribution in [1.82, 2.24) is 9.80 Å². The Labute approximate surface area is 128 Å². The van der Waals surface area contributed by atoms with E-state index >= 15 is 0 Å². The molecule has 0 aromatic rings. The Balaban J connectivity index is 2.03. The van der Waals surface area contributed by atoms with Gasteiger partial charge in [-0.15, -0.1) is 0 Å². The molecule has 0 radical (unpaired) electrons. The van der Waals surface area contributed by atoms with E-state index in [1.165, 1.54) is 19.3 Å². The van der Waals surface area contributed by atoms with E-state index in [-0.39, 0.29) is 17.7 Å². The molecule has 0 aromatic carbocycles. The Kier molecular flexibility index (Phi) is 4.83. The predicted octanol–water partition coefficient (Wildman–Crippen LogP) is 2.20. The van der Waals surface area contributed by atoms with Gasteiger partial charge in [0, 0.05) is 31.2 Å². The molecular formula is C16H31N3O2. The lowest BCUT2D eigenvalue weighted by Crippen LogP contribution is -2.66. The minimum absolute atomic E-state index is 0.159. The summed E-state index contributed by atoms with van der Waals surface area (Å²) >= 11 is 0. The van der Waals surface area contributed by atoms with Crippen LogP contribution in [0.1, 0.15) is 52.9 Å². The van der Waals surface area contributed by atoms with Crippen molar-refractivity contribution >= 4 is 6.09 Å². The topological polar surface area (TPSA) is 58.8 Å². The monoisotopic (exact) mass is 297 g/mol. The number of hydrogen-bond acceptors (Lipinski definition) is 4. The molecule has 122 valence electrons. The molecule has 2 N–H and O–H groups in total. The van der Waals surface area contributed by atoms with Gasteiger partial charge in [0.25, 0.3) is 0 Å². The quantitative estimate of drug-likeness (QED) is 0.806. The van der Waals surface area contributed by atoms with Crippen LogP contribution in [0.15, 0.2) is 0 Å². The van der Waals surface area contributed by atoms with Gasteiger partial charge in [0.15, 0.2) is 0 Å². The van der Waals surface area contributed by atoms with Crippen molar-refractivity contribution in [2.45, 2.75) is 70.1 Å². The Bertz CT molecular complexity index is 372. The van der Waals surface area contributed by atoms with Crippen LogP contribution < -0.4 is 5.73 Å². The van der Waals surface area contributed by atoms with E-state index in [2.05, 4.69) is 11.9 Å². The van der Waals surface area contributed by atoms with E-state index in [0.29, 0.717) is 6.54 Å². The first-order valence-corrected chi connectivity index (χ1v) is 8.18. The molecule has 0 aromatic heterocycles. The summed E-state index contributed by atoms with van der Waals surface area (Å²) in [6.45, 7) is 7.99. The molecule has 1 unspecified atom stereocenters. The van der Waals surface area contributed by atoms with Crippen molar-refractivity contribution in [2.24, 2.45) is 5.73 Å². The van der Waals surface area contributed by atoms with Gasteiger partial charge in [-0.3, -0.25) is 4.90 Å². The summed E-state index contributed by atoms with van der Waals surface area (Å²) in [5, 5.41) is 0. The standard InChI is InChI=1S/C16H31N3O2/c1-15(2,3)21-14(20)19-11-10-18(4)13(12-19)16(17)8-6-5-7-9-16/h13H,5-12,17H2,1-4H3. The molecule has 1 aliphatic carbocycles. The van der Waals surface area contributed by atoms with Crippen molar-refractivity contribution in [3.05, 3.63) is 0 Å². The van der Waals surface area contributed by atoms with E-state index in [9.17, 15) is 4.79 Å². The normalized spacial score (nSPS) is 27.5. The van der Waals surface area contributed by atoms with Gasteiger partial charge in [-0.2, -0.15) is 0 Å². The maximum Gasteiger partial charge on any atom is 0.410 e. The van der Waals surface area contributed by atoms with Gasteiger partial charge in [-0.1, -0.05) is 19.3 Å². The summed E-state index contributed by atoms with van der Waals surface area (Å²) in [7, 11) is 2.13. The first-order chi connectivity index (χ1) is 9.71. The van der Waals surface area contributed by atoms with Crippen molar-refractivity contribution in [1.29, 1.82) is 0 Å². The van der Waals surface area contributed by atoms with E-state index in [1.807, 2.05) is 25.7 Å². The van der Waals surface area contributed by atoms with Crippen LogP contribution in [0.4, 0.5) is 4.79 Å². The van der Waals surface area contributed by atoms with Crippen LogP contribution in [-0.4, -0.2) is 59.8 Å². The zero-order valence-corrected chi connectivity index (χ0v) is 14.0. The minimum atomic E-state index is -0.443. The Hall–Kier alpha value is -0.810. The molecule has 2 aliphatic rings. The Morgan fingerprint density at radius 1 is 1.19 bits per heavy atom. The third-order valence-corrected chi connectivity index (χ3v) is 4.75. The van der Waals surface area contributed by atoms with Gasteiger partial charge in [-0.25, -0.2) is 4.79 Å². The minimum Gasteiger partial charge on any atom is -0.444 e. The molecule has 1 amide bonds. The maximum atomic E-state index is 12.3. The number of piperazine rings is 1. The second-order valence-electron chi connectivity index (χ2n) is 7.72. The van der Waals surface area contributed by atoms with Crippen LogP contribution in [0.2, 0.25) is 0 Å². The molecular weight excluding hydrogens is 266 g/mol. The van der Waals surface area contributed by atoms with E-state index in [0.717, 1.165) is 25.9 Å². The number of amides is 1. The lowest BCUT2D eigenvalue weighted by Gasteiger charge is -2.49. The fourth-order valence-electron chi connectivity index (χ4n) is 3.53. The van der Waals surface area contributed by atoms with Crippen LogP contribution in [0, 0.1) is 0 Å². The highest BCUT2D eigenvalue weighted by Crippen LogP contribution is 2.32. The van der Waals surface area contributed by atoms with E-state index in [1.54, 1.807) is 0 Å². The highest BCUT2D eigenvalue weighted by molar-refractivity contribution is 5.68. The SMILES string of the molecule is CN1CCN(C(=O)OC(C)(C)C)CC1C1(N)CCCCC1. The van der Waals surface area contributed by atoms with Crippen LogP contribution in [0.25, 0.3) is 0 Å². The first kappa shape index (κ1) is 16.6. The molecule has 2 rings (SSSR count). The molecule has 5 heteroatoms. The molecule has 1 saturated heterocycles. The lowest BCUT2D eigenvalue weighted by atomic mass is 9.76. The number of likely N-dealkylation sites (N-methyl/N-ethyl adjacent to an activating group) is 1. The third kappa shape index (κ3) is 4.10. The van der Waals surface area contributed by atoms with Gasteiger partial charge in [0.05, 0.1) is 0 Å². The number of nitrogens with two attached hydrogens (primary N) is 1.